The number of hydrogen-bond donors (Lipinski definition) is 0. The van der Waals surface area contributed by atoms with Gasteiger partial charge in [-0.05, 0) is 5.56 Å². The fourth-order valence-corrected chi connectivity index (χ4v) is 3.29. The molecular formula is C15H23N5O3S. The largest absolute Gasteiger partial charge is 0.383 e. The van der Waals surface area contributed by atoms with Crippen LogP contribution < -0.4 is 0 Å². The number of nitrogens with zero attached hydrogens (tertiary/aromatic N) is 5. The van der Waals surface area contributed by atoms with E-state index >= 15 is 0 Å². The Hall–Kier alpha value is -1.81. The number of methoxy groups -OCH3 is 1. The zero-order valence-electron chi connectivity index (χ0n) is 14.2. The lowest BCUT2D eigenvalue weighted by Crippen LogP contribution is -2.39. The summed E-state index contributed by atoms with van der Waals surface area (Å²) in [5, 5.41) is 7.84. The fraction of sp³-hybridized carbons (Fsp3) is 0.467. The molecule has 0 amide bonds. The van der Waals surface area contributed by atoms with Crippen molar-refractivity contribution in [3.8, 4) is 0 Å². The maximum absolute atomic E-state index is 12.7. The average molecular weight is 353 g/mol. The summed E-state index contributed by atoms with van der Waals surface area (Å²) >= 11 is 0. The standard InChI is InChI=1S/C15H23N5O3S/c1-18(11-14-7-5-4-6-8-14)24(21,22)19(2)12-15-17-16-13-20(15)9-10-23-3/h4-8,13H,9-12H2,1-3H3. The molecule has 132 valence electrons. The number of hydrogen-bond acceptors (Lipinski definition) is 5. The number of ether oxygens (including phenoxy) is 1. The van der Waals surface area contributed by atoms with E-state index in [1.807, 2.05) is 30.3 Å². The van der Waals surface area contributed by atoms with E-state index in [0.717, 1.165) is 5.56 Å². The van der Waals surface area contributed by atoms with Crippen LogP contribution in [0.4, 0.5) is 0 Å². The number of benzene rings is 1. The first kappa shape index (κ1) is 18.5. The zero-order chi connectivity index (χ0) is 17.6. The summed E-state index contributed by atoms with van der Waals surface area (Å²) in [6.45, 7) is 1.54. The van der Waals surface area contributed by atoms with Crippen LogP contribution in [0.15, 0.2) is 36.7 Å². The Kier molecular flexibility index (Phi) is 6.44. The van der Waals surface area contributed by atoms with Gasteiger partial charge in [-0.3, -0.25) is 0 Å². The molecule has 0 aliphatic heterocycles. The van der Waals surface area contributed by atoms with Crippen LogP contribution in [0.1, 0.15) is 11.4 Å². The topological polar surface area (TPSA) is 80.6 Å². The molecule has 0 saturated carbocycles. The third kappa shape index (κ3) is 4.60. The molecule has 0 aliphatic carbocycles. The van der Waals surface area contributed by atoms with Crippen LogP contribution in [0.5, 0.6) is 0 Å². The van der Waals surface area contributed by atoms with Gasteiger partial charge in [0.1, 0.15) is 12.2 Å². The minimum atomic E-state index is -3.60. The SMILES string of the molecule is COCCn1cnnc1CN(C)S(=O)(=O)N(C)Cc1ccccc1. The molecule has 0 radical (unpaired) electrons. The fourth-order valence-electron chi connectivity index (χ4n) is 2.22. The van der Waals surface area contributed by atoms with Crippen LogP contribution in [0.25, 0.3) is 0 Å². The van der Waals surface area contributed by atoms with Crippen molar-refractivity contribution in [1.29, 1.82) is 0 Å². The lowest BCUT2D eigenvalue weighted by atomic mass is 10.2. The van der Waals surface area contributed by atoms with E-state index in [2.05, 4.69) is 10.2 Å². The highest BCUT2D eigenvalue weighted by Crippen LogP contribution is 2.12. The van der Waals surface area contributed by atoms with Gasteiger partial charge in [0.05, 0.1) is 13.2 Å². The van der Waals surface area contributed by atoms with Crippen LogP contribution in [0.2, 0.25) is 0 Å². The summed E-state index contributed by atoms with van der Waals surface area (Å²) in [5.41, 5.74) is 0.931. The second-order valence-corrected chi connectivity index (χ2v) is 7.58. The van der Waals surface area contributed by atoms with Crippen molar-refractivity contribution in [2.24, 2.45) is 0 Å². The second-order valence-electron chi connectivity index (χ2n) is 5.44. The number of aromatic nitrogens is 3. The monoisotopic (exact) mass is 353 g/mol. The van der Waals surface area contributed by atoms with Crippen LogP contribution in [0.3, 0.4) is 0 Å². The van der Waals surface area contributed by atoms with Gasteiger partial charge in [0.2, 0.25) is 0 Å². The Morgan fingerprint density at radius 1 is 1.12 bits per heavy atom. The van der Waals surface area contributed by atoms with E-state index in [4.69, 9.17) is 4.74 Å². The highest BCUT2D eigenvalue weighted by molar-refractivity contribution is 7.86. The van der Waals surface area contributed by atoms with Gasteiger partial charge < -0.3 is 9.30 Å². The molecule has 1 aromatic carbocycles. The maximum Gasteiger partial charge on any atom is 0.282 e. The quantitative estimate of drug-likeness (QED) is 0.664. The molecule has 0 spiro atoms. The highest BCUT2D eigenvalue weighted by Gasteiger charge is 2.25. The predicted octanol–water partition coefficient (Wildman–Crippen LogP) is 0.733. The molecule has 2 rings (SSSR count). The summed E-state index contributed by atoms with van der Waals surface area (Å²) < 4.78 is 34.7. The number of rotatable bonds is 9. The van der Waals surface area contributed by atoms with E-state index in [1.165, 1.54) is 15.7 Å². The molecule has 0 atom stereocenters. The summed E-state index contributed by atoms with van der Waals surface area (Å²) in [5.74, 6) is 0.575. The smallest absolute Gasteiger partial charge is 0.282 e. The Morgan fingerprint density at radius 3 is 2.46 bits per heavy atom. The Balaban J connectivity index is 2.04. The molecule has 0 fully saturated rings. The molecule has 24 heavy (non-hydrogen) atoms. The third-order valence-corrected chi connectivity index (χ3v) is 5.47. The molecule has 2 aromatic rings. The van der Waals surface area contributed by atoms with Crippen LogP contribution >= 0.6 is 0 Å². The van der Waals surface area contributed by atoms with Crippen LogP contribution in [-0.4, -0.2) is 59.6 Å². The van der Waals surface area contributed by atoms with Gasteiger partial charge in [-0.25, -0.2) is 0 Å². The van der Waals surface area contributed by atoms with Gasteiger partial charge in [0.25, 0.3) is 10.2 Å². The lowest BCUT2D eigenvalue weighted by molar-refractivity contribution is 0.185. The Bertz CT molecular complexity index is 733. The highest BCUT2D eigenvalue weighted by atomic mass is 32.2. The van der Waals surface area contributed by atoms with Crippen molar-refractivity contribution in [2.75, 3.05) is 27.8 Å². The minimum Gasteiger partial charge on any atom is -0.383 e. The van der Waals surface area contributed by atoms with Crippen molar-refractivity contribution in [1.82, 2.24) is 23.4 Å². The van der Waals surface area contributed by atoms with E-state index < -0.39 is 10.2 Å². The first-order valence-corrected chi connectivity index (χ1v) is 8.92. The molecule has 8 nitrogen and oxygen atoms in total. The van der Waals surface area contributed by atoms with Gasteiger partial charge in [0.15, 0.2) is 0 Å². The molecular weight excluding hydrogens is 330 g/mol. The molecule has 0 unspecified atom stereocenters. The normalized spacial score (nSPS) is 12.2. The van der Waals surface area contributed by atoms with E-state index in [1.54, 1.807) is 25.1 Å². The van der Waals surface area contributed by atoms with Gasteiger partial charge >= 0.3 is 0 Å². The molecule has 9 heteroatoms. The third-order valence-electron chi connectivity index (χ3n) is 3.63. The summed E-state index contributed by atoms with van der Waals surface area (Å²) in [4.78, 5) is 0. The van der Waals surface area contributed by atoms with Crippen LogP contribution in [0, 0.1) is 0 Å². The van der Waals surface area contributed by atoms with Crippen LogP contribution in [-0.2, 0) is 34.6 Å². The van der Waals surface area contributed by atoms with E-state index in [-0.39, 0.29) is 6.54 Å². The van der Waals surface area contributed by atoms with Crippen molar-refractivity contribution in [3.05, 3.63) is 48.0 Å². The van der Waals surface area contributed by atoms with Gasteiger partial charge in [-0.2, -0.15) is 17.0 Å². The summed E-state index contributed by atoms with van der Waals surface area (Å²) in [6, 6.07) is 9.47. The molecule has 0 N–H and O–H groups in total. The molecule has 1 heterocycles. The van der Waals surface area contributed by atoms with Gasteiger partial charge in [-0.1, -0.05) is 30.3 Å². The van der Waals surface area contributed by atoms with Gasteiger partial charge in [-0.15, -0.1) is 10.2 Å². The van der Waals surface area contributed by atoms with Crippen molar-refractivity contribution in [3.63, 3.8) is 0 Å². The van der Waals surface area contributed by atoms with Crippen molar-refractivity contribution < 1.29 is 13.2 Å². The molecule has 0 aliphatic rings. The van der Waals surface area contributed by atoms with Crippen molar-refractivity contribution in [2.45, 2.75) is 19.6 Å². The second kappa shape index (κ2) is 8.34. The molecule has 1 aromatic heterocycles. The van der Waals surface area contributed by atoms with E-state index in [9.17, 15) is 8.42 Å². The van der Waals surface area contributed by atoms with E-state index in [0.29, 0.717) is 25.5 Å². The first-order chi connectivity index (χ1) is 11.4. The van der Waals surface area contributed by atoms with Crippen molar-refractivity contribution >= 4 is 10.2 Å². The average Bonchev–Trinajstić information content (AvgIpc) is 3.00. The zero-order valence-corrected chi connectivity index (χ0v) is 15.0. The molecule has 0 bridgehead atoms. The lowest BCUT2D eigenvalue weighted by Gasteiger charge is -2.24. The summed E-state index contributed by atoms with van der Waals surface area (Å²) in [7, 11) is 1.11. The Morgan fingerprint density at radius 2 is 1.79 bits per heavy atom. The Labute approximate surface area is 142 Å². The predicted molar refractivity (Wildman–Crippen MR) is 90.2 cm³/mol. The first-order valence-electron chi connectivity index (χ1n) is 7.52. The molecule has 0 saturated heterocycles. The van der Waals surface area contributed by atoms with Gasteiger partial charge in [0, 0.05) is 34.3 Å². The maximum atomic E-state index is 12.7. The summed E-state index contributed by atoms with van der Waals surface area (Å²) in [6.07, 6.45) is 1.57. The minimum absolute atomic E-state index is 0.144.